The minimum Gasteiger partial charge on any atom is -0.392 e. The van der Waals surface area contributed by atoms with Crippen molar-refractivity contribution in [1.82, 2.24) is 4.98 Å². The standard InChI is InChI=1S/C11H19NOS2/c1-4-9(3)14-7-10(13)5-11-12-8(2)6-15-11/h6,9-10,13H,4-5,7H2,1-3H3. The molecule has 0 aliphatic heterocycles. The fourth-order valence-corrected chi connectivity index (χ4v) is 2.90. The van der Waals surface area contributed by atoms with E-state index in [4.69, 9.17) is 0 Å². The normalized spacial score (nSPS) is 15.2. The molecular weight excluding hydrogens is 226 g/mol. The maximum atomic E-state index is 9.80. The predicted octanol–water partition coefficient (Wildman–Crippen LogP) is 2.89. The van der Waals surface area contributed by atoms with Gasteiger partial charge < -0.3 is 5.11 Å². The van der Waals surface area contributed by atoms with Crippen molar-refractivity contribution in [2.75, 3.05) is 5.75 Å². The molecule has 1 rings (SSSR count). The Balaban J connectivity index is 2.27. The summed E-state index contributed by atoms with van der Waals surface area (Å²) in [5.74, 6) is 0.813. The fourth-order valence-electron chi connectivity index (χ4n) is 1.15. The summed E-state index contributed by atoms with van der Waals surface area (Å²) in [4.78, 5) is 4.35. The molecule has 4 heteroatoms. The molecule has 2 atom stereocenters. The summed E-state index contributed by atoms with van der Waals surface area (Å²) in [7, 11) is 0. The van der Waals surface area contributed by atoms with Crippen molar-refractivity contribution in [2.24, 2.45) is 0 Å². The van der Waals surface area contributed by atoms with E-state index < -0.39 is 0 Å². The second kappa shape index (κ2) is 6.51. The largest absolute Gasteiger partial charge is 0.392 e. The molecule has 0 saturated heterocycles. The van der Waals surface area contributed by atoms with Gasteiger partial charge in [-0.2, -0.15) is 11.8 Å². The highest BCUT2D eigenvalue weighted by molar-refractivity contribution is 7.99. The first-order valence-corrected chi connectivity index (χ1v) is 7.25. The zero-order valence-corrected chi connectivity index (χ0v) is 11.2. The highest BCUT2D eigenvalue weighted by atomic mass is 32.2. The molecule has 0 amide bonds. The summed E-state index contributed by atoms with van der Waals surface area (Å²) >= 11 is 3.47. The third kappa shape index (κ3) is 5.00. The SMILES string of the molecule is CCC(C)SCC(O)Cc1nc(C)cs1. The number of thiazole rings is 1. The predicted molar refractivity (Wildman–Crippen MR) is 68.8 cm³/mol. The Hall–Kier alpha value is -0.0600. The number of aromatic nitrogens is 1. The molecule has 0 aliphatic rings. The summed E-state index contributed by atoms with van der Waals surface area (Å²) < 4.78 is 0. The molecule has 15 heavy (non-hydrogen) atoms. The molecule has 0 bridgehead atoms. The first kappa shape index (κ1) is 13.0. The maximum Gasteiger partial charge on any atom is 0.0954 e. The molecule has 1 aromatic rings. The number of nitrogens with zero attached hydrogens (tertiary/aromatic N) is 1. The van der Waals surface area contributed by atoms with Gasteiger partial charge in [-0.1, -0.05) is 13.8 Å². The zero-order chi connectivity index (χ0) is 11.3. The van der Waals surface area contributed by atoms with Crippen LogP contribution in [0.15, 0.2) is 5.38 Å². The molecule has 1 aromatic heterocycles. The van der Waals surface area contributed by atoms with Gasteiger partial charge in [-0.25, -0.2) is 4.98 Å². The summed E-state index contributed by atoms with van der Waals surface area (Å²) in [5.41, 5.74) is 1.05. The second-order valence-corrected chi connectivity index (χ2v) is 6.21. The van der Waals surface area contributed by atoms with Crippen LogP contribution in [0.2, 0.25) is 0 Å². The van der Waals surface area contributed by atoms with Crippen LogP contribution in [-0.4, -0.2) is 27.2 Å². The molecule has 0 fully saturated rings. The van der Waals surface area contributed by atoms with Crippen LogP contribution in [0.3, 0.4) is 0 Å². The number of aliphatic hydroxyl groups excluding tert-OH is 1. The van der Waals surface area contributed by atoms with E-state index in [1.54, 1.807) is 11.3 Å². The van der Waals surface area contributed by atoms with Crippen molar-refractivity contribution in [3.63, 3.8) is 0 Å². The molecule has 2 nitrogen and oxygen atoms in total. The second-order valence-electron chi connectivity index (χ2n) is 3.79. The van der Waals surface area contributed by atoms with Crippen LogP contribution in [0.25, 0.3) is 0 Å². The smallest absolute Gasteiger partial charge is 0.0954 e. The lowest BCUT2D eigenvalue weighted by Crippen LogP contribution is -2.15. The first-order valence-electron chi connectivity index (χ1n) is 5.32. The highest BCUT2D eigenvalue weighted by Gasteiger charge is 2.10. The van der Waals surface area contributed by atoms with Crippen LogP contribution in [0, 0.1) is 6.92 Å². The van der Waals surface area contributed by atoms with E-state index in [-0.39, 0.29) is 6.10 Å². The van der Waals surface area contributed by atoms with Gasteiger partial charge in [0, 0.05) is 28.5 Å². The molecule has 86 valence electrons. The fraction of sp³-hybridized carbons (Fsp3) is 0.727. The Morgan fingerprint density at radius 2 is 2.33 bits per heavy atom. The van der Waals surface area contributed by atoms with E-state index in [0.29, 0.717) is 11.7 Å². The number of thioether (sulfide) groups is 1. The number of hydrogen-bond acceptors (Lipinski definition) is 4. The van der Waals surface area contributed by atoms with Gasteiger partial charge in [-0.05, 0) is 13.3 Å². The highest BCUT2D eigenvalue weighted by Crippen LogP contribution is 2.17. The Kier molecular flexibility index (Phi) is 5.64. The lowest BCUT2D eigenvalue weighted by Gasteiger charge is -2.12. The molecule has 0 spiro atoms. The number of aryl methyl sites for hydroxylation is 1. The van der Waals surface area contributed by atoms with E-state index in [1.807, 2.05) is 24.1 Å². The number of rotatable bonds is 6. The van der Waals surface area contributed by atoms with Crippen molar-refractivity contribution in [3.05, 3.63) is 16.1 Å². The van der Waals surface area contributed by atoms with Gasteiger partial charge in [-0.15, -0.1) is 11.3 Å². The van der Waals surface area contributed by atoms with Crippen LogP contribution in [0.5, 0.6) is 0 Å². The Morgan fingerprint density at radius 1 is 1.60 bits per heavy atom. The summed E-state index contributed by atoms with van der Waals surface area (Å²) in [6.45, 7) is 6.36. The van der Waals surface area contributed by atoms with Gasteiger partial charge >= 0.3 is 0 Å². The average Bonchev–Trinajstić information content (AvgIpc) is 2.60. The summed E-state index contributed by atoms with van der Waals surface area (Å²) in [6.07, 6.45) is 1.60. The van der Waals surface area contributed by atoms with E-state index in [1.165, 1.54) is 0 Å². The monoisotopic (exact) mass is 245 g/mol. The lowest BCUT2D eigenvalue weighted by atomic mass is 10.3. The van der Waals surface area contributed by atoms with Crippen LogP contribution in [0.1, 0.15) is 31.0 Å². The van der Waals surface area contributed by atoms with Crippen LogP contribution >= 0.6 is 23.1 Å². The molecule has 0 saturated carbocycles. The molecule has 0 aliphatic carbocycles. The van der Waals surface area contributed by atoms with Crippen molar-refractivity contribution in [2.45, 2.75) is 45.0 Å². The van der Waals surface area contributed by atoms with Gasteiger partial charge in [0.15, 0.2) is 0 Å². The Labute approximate surface area is 100 Å². The van der Waals surface area contributed by atoms with Gasteiger partial charge in [0.05, 0.1) is 11.1 Å². The topological polar surface area (TPSA) is 33.1 Å². The quantitative estimate of drug-likeness (QED) is 0.836. The van der Waals surface area contributed by atoms with Crippen molar-refractivity contribution in [1.29, 1.82) is 0 Å². The maximum absolute atomic E-state index is 9.80. The zero-order valence-electron chi connectivity index (χ0n) is 9.56. The minimum atomic E-state index is -0.255. The van der Waals surface area contributed by atoms with E-state index >= 15 is 0 Å². The minimum absolute atomic E-state index is 0.255. The number of aliphatic hydroxyl groups is 1. The molecule has 1 N–H and O–H groups in total. The van der Waals surface area contributed by atoms with Gasteiger partial charge in [0.1, 0.15) is 0 Å². The van der Waals surface area contributed by atoms with E-state index in [0.717, 1.165) is 22.9 Å². The third-order valence-electron chi connectivity index (χ3n) is 2.22. The van der Waals surface area contributed by atoms with Crippen molar-refractivity contribution in [3.8, 4) is 0 Å². The van der Waals surface area contributed by atoms with Crippen LogP contribution < -0.4 is 0 Å². The van der Waals surface area contributed by atoms with Crippen LogP contribution in [-0.2, 0) is 6.42 Å². The molecule has 0 aromatic carbocycles. The van der Waals surface area contributed by atoms with E-state index in [9.17, 15) is 5.11 Å². The van der Waals surface area contributed by atoms with E-state index in [2.05, 4.69) is 18.8 Å². The van der Waals surface area contributed by atoms with Crippen molar-refractivity contribution >= 4 is 23.1 Å². The average molecular weight is 245 g/mol. The third-order valence-corrected chi connectivity index (χ3v) is 4.69. The lowest BCUT2D eigenvalue weighted by molar-refractivity contribution is 0.200. The van der Waals surface area contributed by atoms with Gasteiger partial charge in [-0.3, -0.25) is 0 Å². The molecule has 1 heterocycles. The molecule has 0 radical (unpaired) electrons. The number of hydrogen-bond donors (Lipinski definition) is 1. The summed E-state index contributed by atoms with van der Waals surface area (Å²) in [5, 5.41) is 13.5. The van der Waals surface area contributed by atoms with Crippen molar-refractivity contribution < 1.29 is 5.11 Å². The van der Waals surface area contributed by atoms with Crippen LogP contribution in [0.4, 0.5) is 0 Å². The van der Waals surface area contributed by atoms with Gasteiger partial charge in [0.2, 0.25) is 0 Å². The Bertz CT molecular complexity index is 288. The first-order chi connectivity index (χ1) is 7.11. The molecular formula is C11H19NOS2. The Morgan fingerprint density at radius 3 is 2.87 bits per heavy atom. The van der Waals surface area contributed by atoms with Gasteiger partial charge in [0.25, 0.3) is 0 Å². The summed E-state index contributed by atoms with van der Waals surface area (Å²) in [6, 6.07) is 0. The molecule has 2 unspecified atom stereocenters.